The van der Waals surface area contributed by atoms with Crippen LogP contribution >= 0.6 is 0 Å². The number of hydrogen-bond donors (Lipinski definition) is 2. The third-order valence-corrected chi connectivity index (χ3v) is 6.54. The van der Waals surface area contributed by atoms with Crippen molar-refractivity contribution in [3.05, 3.63) is 53.4 Å². The summed E-state index contributed by atoms with van der Waals surface area (Å²) in [6.45, 7) is 4.44. The number of imidazole rings is 1. The summed E-state index contributed by atoms with van der Waals surface area (Å²) in [5.41, 5.74) is -0.285. The van der Waals surface area contributed by atoms with E-state index < -0.39 is 11.4 Å². The molecule has 2 heterocycles. The summed E-state index contributed by atoms with van der Waals surface area (Å²) in [6, 6.07) is 6.08. The number of nitrogens with zero attached hydrogens (tertiary/aromatic N) is 3. The standard InChI is InChI=1S/C24H30FN5O3/c1-3-11-30-22(32)20-19(21(31)26-13-16-7-6-8-17(25)12-16)27-15-29(20)14-24(30,2)23(33)28-18-9-4-5-10-18/h6-8,12,15,18H,3-5,9-11,13-14H2,1-2H3,(H,26,31)(H,28,33)/t24-/m0/s1. The van der Waals surface area contributed by atoms with E-state index >= 15 is 0 Å². The van der Waals surface area contributed by atoms with Gasteiger partial charge < -0.3 is 20.1 Å². The van der Waals surface area contributed by atoms with Crippen LogP contribution in [0, 0.1) is 5.82 Å². The predicted molar refractivity (Wildman–Crippen MR) is 120 cm³/mol. The van der Waals surface area contributed by atoms with Gasteiger partial charge in [-0.2, -0.15) is 0 Å². The molecule has 1 aromatic carbocycles. The molecule has 8 nitrogen and oxygen atoms in total. The molecule has 0 radical (unpaired) electrons. The highest BCUT2D eigenvalue weighted by Crippen LogP contribution is 2.30. The summed E-state index contributed by atoms with van der Waals surface area (Å²) in [7, 11) is 0. The summed E-state index contributed by atoms with van der Waals surface area (Å²) < 4.78 is 15.0. The van der Waals surface area contributed by atoms with Crippen LogP contribution in [0.25, 0.3) is 0 Å². The van der Waals surface area contributed by atoms with Crippen LogP contribution in [0.5, 0.6) is 0 Å². The lowest BCUT2D eigenvalue weighted by Gasteiger charge is -2.44. The maximum Gasteiger partial charge on any atom is 0.273 e. The number of fused-ring (bicyclic) bond motifs is 1. The number of nitrogens with one attached hydrogen (secondary N) is 2. The normalized spacial score (nSPS) is 20.6. The van der Waals surface area contributed by atoms with Crippen molar-refractivity contribution in [2.75, 3.05) is 6.54 Å². The zero-order valence-corrected chi connectivity index (χ0v) is 19.1. The summed E-state index contributed by atoms with van der Waals surface area (Å²) in [5, 5.41) is 5.83. The fourth-order valence-electron chi connectivity index (χ4n) is 4.75. The number of rotatable bonds is 7. The Morgan fingerprint density at radius 3 is 2.73 bits per heavy atom. The van der Waals surface area contributed by atoms with E-state index in [1.165, 1.54) is 18.5 Å². The Labute approximate surface area is 192 Å². The van der Waals surface area contributed by atoms with Gasteiger partial charge in [0.1, 0.15) is 17.1 Å². The van der Waals surface area contributed by atoms with Crippen molar-refractivity contribution in [3.63, 3.8) is 0 Å². The molecule has 4 rings (SSSR count). The molecule has 0 bridgehead atoms. The van der Waals surface area contributed by atoms with E-state index in [-0.39, 0.29) is 48.2 Å². The highest BCUT2D eigenvalue weighted by atomic mass is 19.1. The Morgan fingerprint density at radius 1 is 1.27 bits per heavy atom. The topological polar surface area (TPSA) is 96.3 Å². The molecule has 9 heteroatoms. The average Bonchev–Trinajstić information content (AvgIpc) is 3.45. The third kappa shape index (κ3) is 4.49. The first-order chi connectivity index (χ1) is 15.8. The molecule has 2 N–H and O–H groups in total. The number of amides is 3. The van der Waals surface area contributed by atoms with Crippen LogP contribution in [0.4, 0.5) is 4.39 Å². The van der Waals surface area contributed by atoms with Gasteiger partial charge in [0.2, 0.25) is 5.91 Å². The molecular weight excluding hydrogens is 425 g/mol. The molecule has 1 aliphatic carbocycles. The molecule has 1 aliphatic heterocycles. The van der Waals surface area contributed by atoms with Crippen molar-refractivity contribution in [2.45, 2.75) is 70.6 Å². The molecule has 2 aliphatic rings. The smallest absolute Gasteiger partial charge is 0.273 e. The second-order valence-electron chi connectivity index (χ2n) is 9.07. The molecule has 1 saturated carbocycles. The molecule has 1 aromatic heterocycles. The van der Waals surface area contributed by atoms with Crippen molar-refractivity contribution >= 4 is 17.7 Å². The van der Waals surface area contributed by atoms with E-state index in [1.54, 1.807) is 28.5 Å². The largest absolute Gasteiger partial charge is 0.351 e. The van der Waals surface area contributed by atoms with E-state index in [9.17, 15) is 18.8 Å². The molecule has 176 valence electrons. The van der Waals surface area contributed by atoms with Crippen molar-refractivity contribution < 1.29 is 18.8 Å². The molecule has 3 amide bonds. The maximum atomic E-state index is 13.5. The molecular formula is C24H30FN5O3. The number of hydrogen-bond acceptors (Lipinski definition) is 4. The zero-order valence-electron chi connectivity index (χ0n) is 19.1. The Kier molecular flexibility index (Phi) is 6.49. The highest BCUT2D eigenvalue weighted by Gasteiger charge is 2.48. The van der Waals surface area contributed by atoms with Crippen molar-refractivity contribution in [2.24, 2.45) is 0 Å². The van der Waals surface area contributed by atoms with E-state index in [4.69, 9.17) is 0 Å². The van der Waals surface area contributed by atoms with Gasteiger partial charge in [-0.3, -0.25) is 14.4 Å². The van der Waals surface area contributed by atoms with Crippen LogP contribution in [0.15, 0.2) is 30.6 Å². The van der Waals surface area contributed by atoms with Crippen molar-refractivity contribution in [1.82, 2.24) is 25.1 Å². The minimum Gasteiger partial charge on any atom is -0.351 e. The molecule has 0 spiro atoms. The highest BCUT2D eigenvalue weighted by molar-refractivity contribution is 6.07. The van der Waals surface area contributed by atoms with Gasteiger partial charge in [0.15, 0.2) is 5.69 Å². The zero-order chi connectivity index (χ0) is 23.6. The Hall–Kier alpha value is -3.23. The molecule has 0 saturated heterocycles. The lowest BCUT2D eigenvalue weighted by atomic mass is 9.93. The number of halogens is 1. The van der Waals surface area contributed by atoms with Gasteiger partial charge in [-0.05, 0) is 43.9 Å². The molecule has 33 heavy (non-hydrogen) atoms. The molecule has 2 aromatic rings. The molecule has 0 unspecified atom stereocenters. The van der Waals surface area contributed by atoms with Gasteiger partial charge >= 0.3 is 0 Å². The Bertz CT molecular complexity index is 1060. The van der Waals surface area contributed by atoms with Crippen molar-refractivity contribution in [3.8, 4) is 0 Å². The third-order valence-electron chi connectivity index (χ3n) is 6.54. The van der Waals surface area contributed by atoms with E-state index in [2.05, 4.69) is 15.6 Å². The molecule has 1 atom stereocenters. The van der Waals surface area contributed by atoms with Gasteiger partial charge in [0, 0.05) is 19.1 Å². The van der Waals surface area contributed by atoms with Crippen LogP contribution < -0.4 is 10.6 Å². The van der Waals surface area contributed by atoms with Crippen molar-refractivity contribution in [1.29, 1.82) is 0 Å². The first-order valence-corrected chi connectivity index (χ1v) is 11.5. The van der Waals surface area contributed by atoms with E-state index in [0.29, 0.717) is 18.5 Å². The fourth-order valence-corrected chi connectivity index (χ4v) is 4.75. The number of carbonyl (C=O) groups is 3. The Balaban J connectivity index is 1.56. The van der Waals surface area contributed by atoms with Crippen LogP contribution in [0.1, 0.15) is 72.5 Å². The van der Waals surface area contributed by atoms with Gasteiger partial charge in [-0.25, -0.2) is 9.37 Å². The van der Waals surface area contributed by atoms with Crippen LogP contribution in [0.3, 0.4) is 0 Å². The second kappa shape index (κ2) is 9.33. The first-order valence-electron chi connectivity index (χ1n) is 11.5. The average molecular weight is 456 g/mol. The SMILES string of the molecule is CCCN1C(=O)c2c(C(=O)NCc3cccc(F)c3)ncn2C[C@@]1(C)C(=O)NC1CCCC1. The quantitative estimate of drug-likeness (QED) is 0.671. The number of benzene rings is 1. The monoisotopic (exact) mass is 455 g/mol. The fraction of sp³-hybridized carbons (Fsp3) is 0.500. The van der Waals surface area contributed by atoms with E-state index in [1.807, 2.05) is 6.92 Å². The Morgan fingerprint density at radius 2 is 2.03 bits per heavy atom. The first kappa shape index (κ1) is 22.9. The molecule has 1 fully saturated rings. The van der Waals surface area contributed by atoms with E-state index in [0.717, 1.165) is 25.7 Å². The minimum atomic E-state index is -1.07. The second-order valence-corrected chi connectivity index (χ2v) is 9.07. The lowest BCUT2D eigenvalue weighted by molar-refractivity contribution is -0.133. The number of carbonyl (C=O) groups excluding carboxylic acids is 3. The van der Waals surface area contributed by atoms with Gasteiger partial charge in [0.25, 0.3) is 11.8 Å². The summed E-state index contributed by atoms with van der Waals surface area (Å²) in [4.78, 5) is 45.4. The summed E-state index contributed by atoms with van der Waals surface area (Å²) in [6.07, 6.45) is 6.21. The van der Waals surface area contributed by atoms with Gasteiger partial charge in [-0.15, -0.1) is 0 Å². The summed E-state index contributed by atoms with van der Waals surface area (Å²) in [5.74, 6) is -1.47. The summed E-state index contributed by atoms with van der Waals surface area (Å²) >= 11 is 0. The van der Waals surface area contributed by atoms with Gasteiger partial charge in [0.05, 0.1) is 12.9 Å². The predicted octanol–water partition coefficient (Wildman–Crippen LogP) is 2.64. The minimum absolute atomic E-state index is 0.00996. The maximum absolute atomic E-state index is 13.5. The number of aromatic nitrogens is 2. The van der Waals surface area contributed by atoms with Crippen LogP contribution in [-0.4, -0.2) is 50.3 Å². The van der Waals surface area contributed by atoms with Gasteiger partial charge in [-0.1, -0.05) is 31.9 Å². The van der Waals surface area contributed by atoms with Crippen LogP contribution in [0.2, 0.25) is 0 Å². The van der Waals surface area contributed by atoms with Crippen LogP contribution in [-0.2, 0) is 17.9 Å². The lowest BCUT2D eigenvalue weighted by Crippen LogP contribution is -2.65.